The van der Waals surface area contributed by atoms with Crippen LogP contribution < -0.4 is 5.32 Å². The topological polar surface area (TPSA) is 92.8 Å². The molecule has 168 valence electrons. The number of alkyl halides is 3. The van der Waals surface area contributed by atoms with E-state index in [1.807, 2.05) is 0 Å². The number of ether oxygens (including phenoxy) is 1. The molecule has 1 aliphatic rings. The summed E-state index contributed by atoms with van der Waals surface area (Å²) in [5.74, 6) is -3.89. The third kappa shape index (κ3) is 4.48. The number of rotatable bonds is 6. The second-order valence-corrected chi connectivity index (χ2v) is 7.41. The molecule has 3 amide bonds. The molecule has 0 fully saturated rings. The zero-order valence-corrected chi connectivity index (χ0v) is 17.1. The van der Waals surface area contributed by atoms with Gasteiger partial charge in [-0.3, -0.25) is 19.3 Å². The summed E-state index contributed by atoms with van der Waals surface area (Å²) in [6, 6.07) is 9.14. The summed E-state index contributed by atoms with van der Waals surface area (Å²) in [5.41, 5.74) is -1.23. The molecule has 0 saturated carbocycles. The van der Waals surface area contributed by atoms with Crippen LogP contribution >= 0.6 is 0 Å². The Hall–Kier alpha value is -3.69. The van der Waals surface area contributed by atoms with Gasteiger partial charge in [0.05, 0.1) is 22.4 Å². The first-order chi connectivity index (χ1) is 15.0. The lowest BCUT2D eigenvalue weighted by atomic mass is 10.0. The van der Waals surface area contributed by atoms with Crippen molar-refractivity contribution in [2.45, 2.75) is 26.1 Å². The van der Waals surface area contributed by atoms with E-state index < -0.39 is 59.7 Å². The van der Waals surface area contributed by atoms with Crippen LogP contribution in [0, 0.1) is 5.92 Å². The van der Waals surface area contributed by atoms with Crippen molar-refractivity contribution in [3.63, 3.8) is 0 Å². The van der Waals surface area contributed by atoms with Gasteiger partial charge in [-0.15, -0.1) is 0 Å². The fourth-order valence-corrected chi connectivity index (χ4v) is 3.38. The predicted molar refractivity (Wildman–Crippen MR) is 107 cm³/mol. The number of hydrogen-bond donors (Lipinski definition) is 1. The third-order valence-corrected chi connectivity index (χ3v) is 4.83. The van der Waals surface area contributed by atoms with Gasteiger partial charge in [-0.2, -0.15) is 13.2 Å². The first-order valence-electron chi connectivity index (χ1n) is 9.62. The monoisotopic (exact) mass is 448 g/mol. The number of fused-ring (bicyclic) bond motifs is 1. The molecule has 1 N–H and O–H groups in total. The van der Waals surface area contributed by atoms with Crippen LogP contribution in [0.1, 0.15) is 40.1 Å². The summed E-state index contributed by atoms with van der Waals surface area (Å²) in [4.78, 5) is 50.9. The van der Waals surface area contributed by atoms with E-state index in [0.717, 1.165) is 17.0 Å². The fraction of sp³-hybridized carbons (Fsp3) is 0.273. The second kappa shape index (κ2) is 8.81. The minimum Gasteiger partial charge on any atom is -0.454 e. The molecular formula is C22H19F3N2O5. The van der Waals surface area contributed by atoms with Gasteiger partial charge >= 0.3 is 12.1 Å². The minimum absolute atomic E-state index is 0.150. The summed E-state index contributed by atoms with van der Waals surface area (Å²) in [6.07, 6.45) is -4.69. The molecule has 0 radical (unpaired) electrons. The lowest BCUT2D eigenvalue weighted by Gasteiger charge is -2.27. The first-order valence-corrected chi connectivity index (χ1v) is 9.62. The number of benzene rings is 2. The summed E-state index contributed by atoms with van der Waals surface area (Å²) >= 11 is 0. The Kier molecular flexibility index (Phi) is 6.33. The SMILES string of the molecule is CC(C)C(C(=O)OCC(=O)Nc1ccccc1C(F)(F)F)N1C(=O)c2ccccc2C1=O. The molecule has 1 aliphatic heterocycles. The van der Waals surface area contributed by atoms with E-state index in [-0.39, 0.29) is 11.1 Å². The Balaban J connectivity index is 1.70. The summed E-state index contributed by atoms with van der Waals surface area (Å²) in [7, 11) is 0. The first kappa shape index (κ1) is 23.0. The number of carbonyl (C=O) groups excluding carboxylic acids is 4. The van der Waals surface area contributed by atoms with Crippen molar-refractivity contribution in [3.05, 3.63) is 65.2 Å². The molecule has 0 bridgehead atoms. The van der Waals surface area contributed by atoms with Gasteiger partial charge in [0.2, 0.25) is 0 Å². The van der Waals surface area contributed by atoms with Crippen LogP contribution in [-0.4, -0.2) is 41.2 Å². The molecule has 1 atom stereocenters. The minimum atomic E-state index is -4.69. The molecule has 3 rings (SSSR count). The maximum atomic E-state index is 13.1. The fourth-order valence-electron chi connectivity index (χ4n) is 3.38. The average Bonchev–Trinajstić information content (AvgIpc) is 2.97. The summed E-state index contributed by atoms with van der Waals surface area (Å²) in [5, 5.41) is 2.06. The van der Waals surface area contributed by atoms with E-state index in [4.69, 9.17) is 4.74 Å². The highest BCUT2D eigenvalue weighted by atomic mass is 19.4. The normalized spacial score (nSPS) is 14.4. The standard InChI is InChI=1S/C22H19F3N2O5/c1-12(2)18(27-19(29)13-7-3-4-8-14(13)20(27)30)21(31)32-11-17(28)26-16-10-6-5-9-15(16)22(23,24)25/h3-10,12,18H,11H2,1-2H3,(H,26,28). The number of para-hydroxylation sites is 1. The number of anilines is 1. The molecule has 10 heteroatoms. The summed E-state index contributed by atoms with van der Waals surface area (Å²) < 4.78 is 44.1. The van der Waals surface area contributed by atoms with Crippen molar-refractivity contribution < 1.29 is 37.1 Å². The zero-order valence-electron chi connectivity index (χ0n) is 17.1. The van der Waals surface area contributed by atoms with E-state index in [1.54, 1.807) is 26.0 Å². The molecule has 7 nitrogen and oxygen atoms in total. The van der Waals surface area contributed by atoms with Gasteiger partial charge in [-0.05, 0) is 30.2 Å². The van der Waals surface area contributed by atoms with E-state index in [9.17, 15) is 32.3 Å². The Morgan fingerprint density at radius 3 is 2.03 bits per heavy atom. The largest absolute Gasteiger partial charge is 0.454 e. The molecule has 0 saturated heterocycles. The van der Waals surface area contributed by atoms with Crippen molar-refractivity contribution in [3.8, 4) is 0 Å². The van der Waals surface area contributed by atoms with Gasteiger partial charge in [0.1, 0.15) is 6.04 Å². The van der Waals surface area contributed by atoms with Gasteiger partial charge in [0, 0.05) is 0 Å². The number of halogens is 3. The Labute approximate surface area is 181 Å². The van der Waals surface area contributed by atoms with Crippen molar-refractivity contribution in [1.82, 2.24) is 4.90 Å². The number of amides is 3. The molecule has 1 unspecified atom stereocenters. The van der Waals surface area contributed by atoms with E-state index in [0.29, 0.717) is 0 Å². The van der Waals surface area contributed by atoms with Crippen LogP contribution in [0.25, 0.3) is 0 Å². The Morgan fingerprint density at radius 2 is 1.50 bits per heavy atom. The quantitative estimate of drug-likeness (QED) is 0.539. The summed E-state index contributed by atoms with van der Waals surface area (Å²) in [6.45, 7) is 2.29. The van der Waals surface area contributed by atoms with Crippen molar-refractivity contribution in [1.29, 1.82) is 0 Å². The molecule has 2 aromatic rings. The molecule has 2 aromatic carbocycles. The lowest BCUT2D eigenvalue weighted by Crippen LogP contribution is -2.49. The highest BCUT2D eigenvalue weighted by molar-refractivity contribution is 6.22. The van der Waals surface area contributed by atoms with Gasteiger partial charge in [0.25, 0.3) is 17.7 Å². The number of esters is 1. The van der Waals surface area contributed by atoms with Crippen LogP contribution in [0.3, 0.4) is 0 Å². The van der Waals surface area contributed by atoms with E-state index in [1.165, 1.54) is 24.3 Å². The van der Waals surface area contributed by atoms with Crippen molar-refractivity contribution in [2.75, 3.05) is 11.9 Å². The number of nitrogens with one attached hydrogen (secondary N) is 1. The maximum absolute atomic E-state index is 13.1. The van der Waals surface area contributed by atoms with Crippen LogP contribution in [-0.2, 0) is 20.5 Å². The van der Waals surface area contributed by atoms with Gasteiger partial charge < -0.3 is 10.1 Å². The average molecular weight is 448 g/mol. The highest BCUT2D eigenvalue weighted by Crippen LogP contribution is 2.34. The molecule has 0 aliphatic carbocycles. The maximum Gasteiger partial charge on any atom is 0.418 e. The van der Waals surface area contributed by atoms with Crippen molar-refractivity contribution >= 4 is 29.4 Å². The zero-order chi connectivity index (χ0) is 23.6. The lowest BCUT2D eigenvalue weighted by molar-refractivity contribution is -0.152. The molecule has 0 aromatic heterocycles. The predicted octanol–water partition coefficient (Wildman–Crippen LogP) is 3.51. The number of carbonyl (C=O) groups is 4. The smallest absolute Gasteiger partial charge is 0.418 e. The van der Waals surface area contributed by atoms with Gasteiger partial charge in [-0.25, -0.2) is 4.79 Å². The number of hydrogen-bond acceptors (Lipinski definition) is 5. The Morgan fingerprint density at radius 1 is 0.969 bits per heavy atom. The highest BCUT2D eigenvalue weighted by Gasteiger charge is 2.44. The molecule has 1 heterocycles. The molecule has 0 spiro atoms. The Bertz CT molecular complexity index is 1050. The van der Waals surface area contributed by atoms with Crippen LogP contribution in [0.5, 0.6) is 0 Å². The number of imide groups is 1. The van der Waals surface area contributed by atoms with Crippen LogP contribution in [0.2, 0.25) is 0 Å². The molecule has 32 heavy (non-hydrogen) atoms. The van der Waals surface area contributed by atoms with Crippen LogP contribution in [0.4, 0.5) is 18.9 Å². The van der Waals surface area contributed by atoms with Crippen LogP contribution in [0.15, 0.2) is 48.5 Å². The van der Waals surface area contributed by atoms with Gasteiger partial charge in [0.15, 0.2) is 6.61 Å². The molecular weight excluding hydrogens is 429 g/mol. The van der Waals surface area contributed by atoms with Crippen molar-refractivity contribution in [2.24, 2.45) is 5.92 Å². The van der Waals surface area contributed by atoms with E-state index >= 15 is 0 Å². The third-order valence-electron chi connectivity index (χ3n) is 4.83. The van der Waals surface area contributed by atoms with E-state index in [2.05, 4.69) is 5.32 Å². The number of nitrogens with zero attached hydrogens (tertiary/aromatic N) is 1. The second-order valence-electron chi connectivity index (χ2n) is 7.41. The van der Waals surface area contributed by atoms with Gasteiger partial charge in [-0.1, -0.05) is 38.1 Å².